The molecule has 116 valence electrons. The molecule has 3 nitrogen and oxygen atoms in total. The average Bonchev–Trinajstić information content (AvgIpc) is 3.04. The van der Waals surface area contributed by atoms with Gasteiger partial charge in [-0.25, -0.2) is 4.98 Å². The van der Waals surface area contributed by atoms with E-state index in [1.165, 1.54) is 11.3 Å². The third kappa shape index (κ3) is 3.66. The van der Waals surface area contributed by atoms with E-state index in [-0.39, 0.29) is 5.91 Å². The zero-order chi connectivity index (χ0) is 16.2. The number of nitrogens with zero attached hydrogens (tertiary/aromatic N) is 1. The van der Waals surface area contributed by atoms with Crippen molar-refractivity contribution in [2.75, 3.05) is 5.32 Å². The van der Waals surface area contributed by atoms with Crippen LogP contribution in [-0.4, -0.2) is 10.9 Å². The van der Waals surface area contributed by atoms with Gasteiger partial charge in [-0.05, 0) is 29.2 Å². The maximum absolute atomic E-state index is 12.3. The molecule has 0 saturated carbocycles. The smallest absolute Gasteiger partial charge is 0.257 e. The average molecular weight is 322 g/mol. The molecular formula is C19H18N2OS. The van der Waals surface area contributed by atoms with Crippen LogP contribution in [0.15, 0.2) is 60.0 Å². The molecule has 0 aliphatic heterocycles. The topological polar surface area (TPSA) is 42.0 Å². The Morgan fingerprint density at radius 2 is 1.65 bits per heavy atom. The summed E-state index contributed by atoms with van der Waals surface area (Å²) in [5, 5.41) is 5.49. The number of rotatable bonds is 4. The summed E-state index contributed by atoms with van der Waals surface area (Å²) < 4.78 is 0. The molecule has 1 amide bonds. The first kappa shape index (κ1) is 15.4. The number of hydrogen-bond donors (Lipinski definition) is 1. The zero-order valence-electron chi connectivity index (χ0n) is 13.1. The van der Waals surface area contributed by atoms with Crippen molar-refractivity contribution >= 4 is 22.4 Å². The van der Waals surface area contributed by atoms with Crippen molar-refractivity contribution in [2.24, 2.45) is 0 Å². The molecule has 4 heteroatoms. The molecule has 1 aromatic heterocycles. The second-order valence-electron chi connectivity index (χ2n) is 5.63. The Bertz CT molecular complexity index is 792. The van der Waals surface area contributed by atoms with E-state index in [2.05, 4.69) is 36.3 Å². The molecule has 0 aliphatic rings. The second kappa shape index (κ2) is 6.75. The molecule has 2 aromatic carbocycles. The Morgan fingerprint density at radius 1 is 1.00 bits per heavy atom. The van der Waals surface area contributed by atoms with Crippen LogP contribution in [0.3, 0.4) is 0 Å². The van der Waals surface area contributed by atoms with Crippen molar-refractivity contribution in [1.29, 1.82) is 0 Å². The van der Waals surface area contributed by atoms with E-state index in [1.807, 2.05) is 47.8 Å². The third-order valence-corrected chi connectivity index (χ3v) is 4.36. The molecule has 23 heavy (non-hydrogen) atoms. The molecule has 0 radical (unpaired) electrons. The van der Waals surface area contributed by atoms with Gasteiger partial charge in [0, 0.05) is 10.9 Å². The quantitative estimate of drug-likeness (QED) is 0.718. The molecule has 0 aliphatic carbocycles. The number of benzene rings is 2. The van der Waals surface area contributed by atoms with Crippen LogP contribution in [0.1, 0.15) is 35.8 Å². The predicted molar refractivity (Wildman–Crippen MR) is 96.0 cm³/mol. The van der Waals surface area contributed by atoms with E-state index in [1.54, 1.807) is 0 Å². The van der Waals surface area contributed by atoms with Crippen LogP contribution < -0.4 is 5.32 Å². The van der Waals surface area contributed by atoms with E-state index in [9.17, 15) is 4.79 Å². The molecule has 0 spiro atoms. The van der Waals surface area contributed by atoms with E-state index >= 15 is 0 Å². The Labute approximate surface area is 140 Å². The van der Waals surface area contributed by atoms with Crippen LogP contribution in [0.5, 0.6) is 0 Å². The van der Waals surface area contributed by atoms with Crippen LogP contribution >= 0.6 is 11.3 Å². The minimum atomic E-state index is -0.130. The van der Waals surface area contributed by atoms with Gasteiger partial charge in [0.25, 0.3) is 5.91 Å². The molecule has 0 fully saturated rings. The lowest BCUT2D eigenvalue weighted by Gasteiger charge is -2.05. The van der Waals surface area contributed by atoms with Crippen molar-refractivity contribution < 1.29 is 4.79 Å². The summed E-state index contributed by atoms with van der Waals surface area (Å²) in [6, 6.07) is 17.7. The zero-order valence-corrected chi connectivity index (χ0v) is 13.9. The highest BCUT2D eigenvalue weighted by atomic mass is 32.1. The molecule has 0 atom stereocenters. The van der Waals surface area contributed by atoms with Crippen molar-refractivity contribution in [1.82, 2.24) is 4.98 Å². The highest BCUT2D eigenvalue weighted by Crippen LogP contribution is 2.23. The van der Waals surface area contributed by atoms with Gasteiger partial charge in [-0.1, -0.05) is 56.3 Å². The third-order valence-electron chi connectivity index (χ3n) is 3.59. The van der Waals surface area contributed by atoms with Crippen LogP contribution in [0.4, 0.5) is 5.13 Å². The number of carbonyl (C=O) groups is 1. The summed E-state index contributed by atoms with van der Waals surface area (Å²) in [6.07, 6.45) is 0. The molecule has 1 heterocycles. The Hall–Kier alpha value is -2.46. The van der Waals surface area contributed by atoms with E-state index in [0.29, 0.717) is 16.6 Å². The normalized spacial score (nSPS) is 10.7. The highest BCUT2D eigenvalue weighted by Gasteiger charge is 2.10. The minimum Gasteiger partial charge on any atom is -0.298 e. The fraction of sp³-hybridized carbons (Fsp3) is 0.158. The van der Waals surface area contributed by atoms with Crippen LogP contribution in [0.2, 0.25) is 0 Å². The molecule has 0 bridgehead atoms. The Morgan fingerprint density at radius 3 is 2.26 bits per heavy atom. The molecule has 3 aromatic rings. The van der Waals surface area contributed by atoms with Crippen molar-refractivity contribution in [3.8, 4) is 11.1 Å². The number of amides is 1. The van der Waals surface area contributed by atoms with Gasteiger partial charge >= 0.3 is 0 Å². The fourth-order valence-corrected chi connectivity index (χ4v) is 3.09. The predicted octanol–water partition coefficient (Wildman–Crippen LogP) is 5.19. The lowest BCUT2D eigenvalue weighted by Crippen LogP contribution is -2.11. The molecule has 0 unspecified atom stereocenters. The first-order chi connectivity index (χ1) is 11.1. The van der Waals surface area contributed by atoms with Crippen LogP contribution in [0.25, 0.3) is 11.1 Å². The summed E-state index contributed by atoms with van der Waals surface area (Å²) in [5.74, 6) is 0.233. The highest BCUT2D eigenvalue weighted by molar-refractivity contribution is 7.14. The van der Waals surface area contributed by atoms with Gasteiger partial charge in [0.1, 0.15) is 0 Å². The van der Waals surface area contributed by atoms with Crippen LogP contribution in [0, 0.1) is 0 Å². The molecule has 3 rings (SSSR count). The van der Waals surface area contributed by atoms with Crippen molar-refractivity contribution in [3.63, 3.8) is 0 Å². The summed E-state index contributed by atoms with van der Waals surface area (Å²) in [7, 11) is 0. The number of aromatic nitrogens is 1. The number of nitrogens with one attached hydrogen (secondary N) is 1. The number of hydrogen-bond acceptors (Lipinski definition) is 3. The van der Waals surface area contributed by atoms with Crippen molar-refractivity contribution in [3.05, 3.63) is 71.2 Å². The van der Waals surface area contributed by atoms with Gasteiger partial charge in [-0.2, -0.15) is 0 Å². The second-order valence-corrected chi connectivity index (χ2v) is 6.49. The van der Waals surface area contributed by atoms with Gasteiger partial charge in [0.15, 0.2) is 5.13 Å². The minimum absolute atomic E-state index is 0.130. The standard InChI is InChI=1S/C19H18N2OS/c1-13(2)17-12-23-19(20-17)21-18(22)16-10-8-15(9-11-16)14-6-4-3-5-7-14/h3-13H,1-2H3,(H,20,21,22). The first-order valence-corrected chi connectivity index (χ1v) is 8.43. The van der Waals surface area contributed by atoms with Crippen molar-refractivity contribution in [2.45, 2.75) is 19.8 Å². The number of thiazole rings is 1. The monoisotopic (exact) mass is 322 g/mol. The fourth-order valence-electron chi connectivity index (χ4n) is 2.22. The summed E-state index contributed by atoms with van der Waals surface area (Å²) in [5.41, 5.74) is 3.87. The molecular weight excluding hydrogens is 304 g/mol. The number of anilines is 1. The largest absolute Gasteiger partial charge is 0.298 e. The van der Waals surface area contributed by atoms with Gasteiger partial charge in [0.2, 0.25) is 0 Å². The van der Waals surface area contributed by atoms with E-state index in [0.717, 1.165) is 16.8 Å². The van der Waals surface area contributed by atoms with Gasteiger partial charge in [-0.3, -0.25) is 10.1 Å². The van der Waals surface area contributed by atoms with Gasteiger partial charge < -0.3 is 0 Å². The van der Waals surface area contributed by atoms with E-state index < -0.39 is 0 Å². The molecule has 0 saturated heterocycles. The summed E-state index contributed by atoms with van der Waals surface area (Å²) in [6.45, 7) is 4.17. The van der Waals surface area contributed by atoms with Gasteiger partial charge in [-0.15, -0.1) is 11.3 Å². The lowest BCUT2D eigenvalue weighted by molar-refractivity contribution is 0.102. The Balaban J connectivity index is 1.72. The summed E-state index contributed by atoms with van der Waals surface area (Å²) >= 11 is 1.46. The summed E-state index contributed by atoms with van der Waals surface area (Å²) in [4.78, 5) is 16.7. The Kier molecular flexibility index (Phi) is 4.53. The lowest BCUT2D eigenvalue weighted by atomic mass is 10.0. The maximum Gasteiger partial charge on any atom is 0.257 e. The SMILES string of the molecule is CC(C)c1csc(NC(=O)c2ccc(-c3ccccc3)cc2)n1. The first-order valence-electron chi connectivity index (χ1n) is 7.56. The van der Waals surface area contributed by atoms with E-state index in [4.69, 9.17) is 0 Å². The molecule has 1 N–H and O–H groups in total. The number of carbonyl (C=O) groups excluding carboxylic acids is 1. The van der Waals surface area contributed by atoms with Gasteiger partial charge in [0.05, 0.1) is 5.69 Å². The van der Waals surface area contributed by atoms with Crippen LogP contribution in [-0.2, 0) is 0 Å². The maximum atomic E-state index is 12.3.